The Morgan fingerprint density at radius 3 is 1.03 bits per heavy atom. The molecule has 0 spiro atoms. The summed E-state index contributed by atoms with van der Waals surface area (Å²) in [4.78, 5) is 37.1. The van der Waals surface area contributed by atoms with Gasteiger partial charge >= 0.3 is 5.97 Å². The molecule has 0 aromatic rings. The first-order valence-electron chi connectivity index (χ1n) is 14.1. The van der Waals surface area contributed by atoms with Crippen LogP contribution < -0.4 is 0 Å². The van der Waals surface area contributed by atoms with E-state index in [0.717, 1.165) is 43.4 Å². The van der Waals surface area contributed by atoms with Gasteiger partial charge in [0.2, 0.25) is 11.8 Å². The first-order chi connectivity index (χ1) is 16.0. The Morgan fingerprint density at radius 2 is 0.758 bits per heavy atom. The lowest BCUT2D eigenvalue weighted by Crippen LogP contribution is -2.40. The van der Waals surface area contributed by atoms with Crippen LogP contribution in [0.4, 0.5) is 0 Å². The SMILES string of the molecule is CCCCCCCCCCCCC(=O)N(CC(=O)O)C(=O)CCCCCCCCCCCC. The van der Waals surface area contributed by atoms with Gasteiger partial charge in [-0.05, 0) is 12.8 Å². The fourth-order valence-electron chi connectivity index (χ4n) is 4.25. The maximum Gasteiger partial charge on any atom is 0.323 e. The molecule has 0 fully saturated rings. The van der Waals surface area contributed by atoms with Crippen LogP contribution in [-0.4, -0.2) is 34.3 Å². The number of imide groups is 1. The molecule has 0 aromatic heterocycles. The Morgan fingerprint density at radius 1 is 0.485 bits per heavy atom. The lowest BCUT2D eigenvalue weighted by atomic mass is 10.0. The molecule has 0 aliphatic carbocycles. The second-order valence-corrected chi connectivity index (χ2v) is 9.63. The monoisotopic (exact) mass is 467 g/mol. The van der Waals surface area contributed by atoms with Gasteiger partial charge in [-0.3, -0.25) is 19.3 Å². The minimum atomic E-state index is -1.12. The van der Waals surface area contributed by atoms with E-state index in [4.69, 9.17) is 5.11 Å². The molecule has 2 amide bonds. The van der Waals surface area contributed by atoms with Crippen LogP contribution >= 0.6 is 0 Å². The highest BCUT2D eigenvalue weighted by Gasteiger charge is 2.23. The summed E-state index contributed by atoms with van der Waals surface area (Å²) in [5.74, 6) is -1.77. The molecule has 5 nitrogen and oxygen atoms in total. The molecule has 194 valence electrons. The van der Waals surface area contributed by atoms with Gasteiger partial charge in [-0.15, -0.1) is 0 Å². The number of carboxylic acids is 1. The Hall–Kier alpha value is -1.39. The van der Waals surface area contributed by atoms with E-state index < -0.39 is 12.5 Å². The second kappa shape index (κ2) is 23.8. The molecule has 0 rings (SSSR count). The van der Waals surface area contributed by atoms with Gasteiger partial charge in [-0.25, -0.2) is 0 Å². The Balaban J connectivity index is 3.93. The Kier molecular flexibility index (Phi) is 22.8. The molecule has 33 heavy (non-hydrogen) atoms. The van der Waals surface area contributed by atoms with E-state index in [-0.39, 0.29) is 24.7 Å². The standard InChI is InChI=1S/C28H53NO4/c1-3-5-7-9-11-13-15-17-19-21-23-26(30)29(25-28(32)33)27(31)24-22-20-18-16-14-12-10-8-6-4-2/h3-25H2,1-2H3,(H,32,33). The maximum absolute atomic E-state index is 12.5. The zero-order chi connectivity index (χ0) is 24.6. The van der Waals surface area contributed by atoms with E-state index in [2.05, 4.69) is 13.8 Å². The van der Waals surface area contributed by atoms with Crippen molar-refractivity contribution < 1.29 is 19.5 Å². The van der Waals surface area contributed by atoms with Gasteiger partial charge in [-0.2, -0.15) is 0 Å². The van der Waals surface area contributed by atoms with E-state index in [1.165, 1.54) is 89.9 Å². The summed E-state index contributed by atoms with van der Waals surface area (Å²) in [5, 5.41) is 9.13. The van der Waals surface area contributed by atoms with Gasteiger partial charge in [-0.1, -0.05) is 129 Å². The van der Waals surface area contributed by atoms with Crippen LogP contribution in [0.15, 0.2) is 0 Å². The fraction of sp³-hybridized carbons (Fsp3) is 0.893. The summed E-state index contributed by atoms with van der Waals surface area (Å²) in [5.41, 5.74) is 0. The predicted molar refractivity (Wildman–Crippen MR) is 137 cm³/mol. The Labute approximate surface area is 204 Å². The number of carboxylic acid groups (broad SMARTS) is 1. The van der Waals surface area contributed by atoms with Gasteiger partial charge in [0, 0.05) is 12.8 Å². The van der Waals surface area contributed by atoms with Gasteiger partial charge in [0.1, 0.15) is 6.54 Å². The number of carbonyl (C=O) groups is 3. The van der Waals surface area contributed by atoms with Crippen LogP contribution in [0, 0.1) is 0 Å². The summed E-state index contributed by atoms with van der Waals surface area (Å²) in [6, 6.07) is 0. The molecule has 0 bridgehead atoms. The van der Waals surface area contributed by atoms with Crippen molar-refractivity contribution in [3.63, 3.8) is 0 Å². The third-order valence-electron chi connectivity index (χ3n) is 6.38. The highest BCUT2D eigenvalue weighted by atomic mass is 16.4. The van der Waals surface area contributed by atoms with Crippen LogP contribution in [0.25, 0.3) is 0 Å². The van der Waals surface area contributed by atoms with E-state index in [1.54, 1.807) is 0 Å². The van der Waals surface area contributed by atoms with Gasteiger partial charge in [0.15, 0.2) is 0 Å². The van der Waals surface area contributed by atoms with Crippen LogP contribution in [0.3, 0.4) is 0 Å². The van der Waals surface area contributed by atoms with Crippen LogP contribution in [0.1, 0.15) is 155 Å². The summed E-state index contributed by atoms with van der Waals surface area (Å²) in [6.07, 6.45) is 24.1. The zero-order valence-electron chi connectivity index (χ0n) is 21.9. The molecule has 1 N–H and O–H groups in total. The molecule has 0 unspecified atom stereocenters. The van der Waals surface area contributed by atoms with E-state index in [1.807, 2.05) is 0 Å². The van der Waals surface area contributed by atoms with Crippen molar-refractivity contribution in [2.75, 3.05) is 6.54 Å². The van der Waals surface area contributed by atoms with Crippen molar-refractivity contribution in [1.29, 1.82) is 0 Å². The normalized spacial score (nSPS) is 11.0. The van der Waals surface area contributed by atoms with Crippen LogP contribution in [0.2, 0.25) is 0 Å². The van der Waals surface area contributed by atoms with Crippen molar-refractivity contribution in [2.24, 2.45) is 0 Å². The molecule has 0 aliphatic heterocycles. The molecule has 5 heteroatoms. The lowest BCUT2D eigenvalue weighted by molar-refractivity contribution is -0.152. The van der Waals surface area contributed by atoms with Gasteiger partial charge in [0.05, 0.1) is 0 Å². The molecule has 0 aliphatic rings. The molecule has 0 radical (unpaired) electrons. The van der Waals surface area contributed by atoms with Crippen molar-refractivity contribution in [3.05, 3.63) is 0 Å². The third kappa shape index (κ3) is 20.9. The summed E-state index contributed by atoms with van der Waals surface area (Å²) in [7, 11) is 0. The van der Waals surface area contributed by atoms with Gasteiger partial charge in [0.25, 0.3) is 0 Å². The van der Waals surface area contributed by atoms with Crippen molar-refractivity contribution in [1.82, 2.24) is 4.90 Å². The number of aliphatic carboxylic acids is 1. The number of hydrogen-bond donors (Lipinski definition) is 1. The van der Waals surface area contributed by atoms with Gasteiger partial charge < -0.3 is 5.11 Å². The van der Waals surface area contributed by atoms with Crippen molar-refractivity contribution in [3.8, 4) is 0 Å². The lowest BCUT2D eigenvalue weighted by Gasteiger charge is -2.19. The molecular formula is C28H53NO4. The molecule has 0 aromatic carbocycles. The number of nitrogens with zero attached hydrogens (tertiary/aromatic N) is 1. The van der Waals surface area contributed by atoms with Crippen molar-refractivity contribution >= 4 is 17.8 Å². The average molecular weight is 468 g/mol. The number of amides is 2. The fourth-order valence-corrected chi connectivity index (χ4v) is 4.25. The number of carbonyl (C=O) groups excluding carboxylic acids is 2. The molecule has 0 heterocycles. The molecule has 0 saturated carbocycles. The molecule has 0 saturated heterocycles. The second-order valence-electron chi connectivity index (χ2n) is 9.63. The minimum Gasteiger partial charge on any atom is -0.480 e. The third-order valence-corrected chi connectivity index (χ3v) is 6.38. The molecule has 0 atom stereocenters. The highest BCUT2D eigenvalue weighted by molar-refractivity contribution is 5.97. The van der Waals surface area contributed by atoms with E-state index in [9.17, 15) is 14.4 Å². The quantitative estimate of drug-likeness (QED) is 0.146. The average Bonchev–Trinajstić information content (AvgIpc) is 2.79. The summed E-state index contributed by atoms with van der Waals surface area (Å²) < 4.78 is 0. The largest absolute Gasteiger partial charge is 0.480 e. The minimum absolute atomic E-state index is 0.271. The highest BCUT2D eigenvalue weighted by Crippen LogP contribution is 2.14. The summed E-state index contributed by atoms with van der Waals surface area (Å²) in [6.45, 7) is 3.95. The van der Waals surface area contributed by atoms with E-state index >= 15 is 0 Å². The van der Waals surface area contributed by atoms with Crippen molar-refractivity contribution in [2.45, 2.75) is 155 Å². The number of unbranched alkanes of at least 4 members (excludes halogenated alkanes) is 18. The maximum atomic E-state index is 12.5. The smallest absolute Gasteiger partial charge is 0.323 e. The number of rotatable bonds is 24. The summed E-state index contributed by atoms with van der Waals surface area (Å²) >= 11 is 0. The topological polar surface area (TPSA) is 74.7 Å². The first kappa shape index (κ1) is 31.6. The first-order valence-corrected chi connectivity index (χ1v) is 14.1. The predicted octanol–water partition coefficient (Wildman–Crippen LogP) is 8.05. The Bertz CT molecular complexity index is 456. The molecular weight excluding hydrogens is 414 g/mol. The van der Waals surface area contributed by atoms with Crippen LogP contribution in [-0.2, 0) is 14.4 Å². The number of hydrogen-bond acceptors (Lipinski definition) is 3. The van der Waals surface area contributed by atoms with E-state index in [0.29, 0.717) is 0 Å². The zero-order valence-corrected chi connectivity index (χ0v) is 21.9. The van der Waals surface area contributed by atoms with Crippen LogP contribution in [0.5, 0.6) is 0 Å².